The highest BCUT2D eigenvalue weighted by Crippen LogP contribution is 2.24. The second-order valence-electron chi connectivity index (χ2n) is 5.43. The number of ether oxygens (including phenoxy) is 1. The Morgan fingerprint density at radius 1 is 1.04 bits per heavy atom. The number of rotatable bonds is 8. The van der Waals surface area contributed by atoms with Crippen LogP contribution in [-0.4, -0.2) is 30.5 Å². The Kier molecular flexibility index (Phi) is 6.89. The van der Waals surface area contributed by atoms with E-state index in [0.29, 0.717) is 5.69 Å². The van der Waals surface area contributed by atoms with Gasteiger partial charge >= 0.3 is 6.61 Å². The van der Waals surface area contributed by atoms with E-state index >= 15 is 0 Å². The van der Waals surface area contributed by atoms with Crippen molar-refractivity contribution in [3.8, 4) is 5.75 Å². The van der Waals surface area contributed by atoms with E-state index in [2.05, 4.69) is 15.0 Å². The van der Waals surface area contributed by atoms with Gasteiger partial charge in [-0.1, -0.05) is 44.2 Å². The predicted octanol–water partition coefficient (Wildman–Crippen LogP) is 4.31. The summed E-state index contributed by atoms with van der Waals surface area (Å²) in [6, 6.07) is 15.0. The summed E-state index contributed by atoms with van der Waals surface area (Å²) in [4.78, 5) is 14.9. The average Bonchev–Trinajstić information content (AvgIpc) is 2.61. The number of hydrogen-bond acceptors (Lipinski definition) is 3. The lowest BCUT2D eigenvalue weighted by Crippen LogP contribution is -2.37. The molecule has 1 amide bonds. The van der Waals surface area contributed by atoms with Crippen molar-refractivity contribution in [2.75, 3.05) is 18.4 Å². The second-order valence-corrected chi connectivity index (χ2v) is 5.43. The molecule has 0 aromatic heterocycles. The molecule has 1 unspecified atom stereocenters. The number of benzene rings is 2. The van der Waals surface area contributed by atoms with E-state index in [0.717, 1.165) is 18.7 Å². The van der Waals surface area contributed by atoms with Gasteiger partial charge in [0.1, 0.15) is 11.8 Å². The van der Waals surface area contributed by atoms with Crippen molar-refractivity contribution < 1.29 is 18.3 Å². The van der Waals surface area contributed by atoms with Crippen LogP contribution in [0.3, 0.4) is 0 Å². The summed E-state index contributed by atoms with van der Waals surface area (Å²) in [7, 11) is 0. The van der Waals surface area contributed by atoms with Crippen molar-refractivity contribution in [1.82, 2.24) is 4.90 Å². The van der Waals surface area contributed by atoms with E-state index in [1.807, 2.05) is 44.2 Å². The van der Waals surface area contributed by atoms with Crippen LogP contribution in [0.4, 0.5) is 14.5 Å². The molecule has 0 aliphatic carbocycles. The standard InChI is InChI=1S/C19H22F2N2O2/c1-3-23(4-2)17(14-8-6-5-7-9-14)18(24)22-15-10-12-16(13-11-15)25-19(20)21/h5-13,17,19H,3-4H2,1-2H3,(H,22,24). The van der Waals surface area contributed by atoms with Crippen molar-refractivity contribution in [2.24, 2.45) is 0 Å². The molecule has 6 heteroatoms. The lowest BCUT2D eigenvalue weighted by atomic mass is 10.0. The number of hydrogen-bond donors (Lipinski definition) is 1. The Hall–Kier alpha value is -2.47. The van der Waals surface area contributed by atoms with Gasteiger partial charge in [-0.2, -0.15) is 8.78 Å². The molecule has 0 spiro atoms. The van der Waals surface area contributed by atoms with E-state index < -0.39 is 12.7 Å². The largest absolute Gasteiger partial charge is 0.435 e. The maximum Gasteiger partial charge on any atom is 0.387 e. The van der Waals surface area contributed by atoms with Crippen molar-refractivity contribution in [3.63, 3.8) is 0 Å². The minimum atomic E-state index is -2.87. The maximum atomic E-state index is 12.8. The molecule has 0 heterocycles. The zero-order chi connectivity index (χ0) is 18.2. The van der Waals surface area contributed by atoms with Gasteiger partial charge < -0.3 is 10.1 Å². The fraction of sp³-hybridized carbons (Fsp3) is 0.316. The zero-order valence-electron chi connectivity index (χ0n) is 14.3. The van der Waals surface area contributed by atoms with Crippen molar-refractivity contribution in [3.05, 3.63) is 60.2 Å². The molecule has 0 saturated heterocycles. The molecule has 0 aliphatic rings. The molecule has 2 aromatic carbocycles. The molecule has 1 N–H and O–H groups in total. The highest BCUT2D eigenvalue weighted by Gasteiger charge is 2.25. The summed E-state index contributed by atoms with van der Waals surface area (Å²) in [5.41, 5.74) is 1.43. The summed E-state index contributed by atoms with van der Waals surface area (Å²) in [5.74, 6) is -0.117. The van der Waals surface area contributed by atoms with Crippen LogP contribution in [0.15, 0.2) is 54.6 Å². The van der Waals surface area contributed by atoms with Gasteiger partial charge in [0.2, 0.25) is 5.91 Å². The van der Waals surface area contributed by atoms with Crippen LogP contribution in [0.25, 0.3) is 0 Å². The van der Waals surface area contributed by atoms with Crippen LogP contribution in [0.1, 0.15) is 25.5 Å². The van der Waals surface area contributed by atoms with E-state index in [4.69, 9.17) is 0 Å². The minimum absolute atomic E-state index is 0.0522. The molecule has 0 bridgehead atoms. The fourth-order valence-corrected chi connectivity index (χ4v) is 2.68. The van der Waals surface area contributed by atoms with Gasteiger partial charge in [0, 0.05) is 5.69 Å². The van der Waals surface area contributed by atoms with Gasteiger partial charge in [-0.25, -0.2) is 0 Å². The number of halogens is 2. The molecular weight excluding hydrogens is 326 g/mol. The highest BCUT2D eigenvalue weighted by molar-refractivity contribution is 5.95. The van der Waals surface area contributed by atoms with E-state index in [-0.39, 0.29) is 11.7 Å². The molecule has 25 heavy (non-hydrogen) atoms. The van der Waals surface area contributed by atoms with E-state index in [9.17, 15) is 13.6 Å². The molecule has 2 aromatic rings. The number of alkyl halides is 2. The molecule has 4 nitrogen and oxygen atoms in total. The number of nitrogens with one attached hydrogen (secondary N) is 1. The van der Waals surface area contributed by atoms with Gasteiger partial charge in [-0.05, 0) is 42.9 Å². The van der Waals surface area contributed by atoms with E-state index in [1.165, 1.54) is 12.1 Å². The molecule has 0 fully saturated rings. The maximum absolute atomic E-state index is 12.8. The lowest BCUT2D eigenvalue weighted by molar-refractivity contribution is -0.121. The SMILES string of the molecule is CCN(CC)C(C(=O)Nc1ccc(OC(F)F)cc1)c1ccccc1. The highest BCUT2D eigenvalue weighted by atomic mass is 19.3. The summed E-state index contributed by atoms with van der Waals surface area (Å²) in [6.45, 7) is 2.59. The molecule has 0 saturated carbocycles. The van der Waals surface area contributed by atoms with Crippen molar-refractivity contribution in [2.45, 2.75) is 26.5 Å². The molecule has 2 rings (SSSR count). The first-order chi connectivity index (χ1) is 12.0. The monoisotopic (exact) mass is 348 g/mol. The van der Waals surface area contributed by atoms with Gasteiger partial charge in [-0.15, -0.1) is 0 Å². The third-order valence-corrected chi connectivity index (χ3v) is 3.89. The molecular formula is C19H22F2N2O2. The predicted molar refractivity (Wildman–Crippen MR) is 93.8 cm³/mol. The van der Waals surface area contributed by atoms with Gasteiger partial charge in [0.15, 0.2) is 0 Å². The number of carbonyl (C=O) groups excluding carboxylic acids is 1. The van der Waals surface area contributed by atoms with Crippen LogP contribution in [0, 0.1) is 0 Å². The Labute approximate surface area is 146 Å². The molecule has 1 atom stereocenters. The van der Waals surface area contributed by atoms with Crippen LogP contribution in [0.2, 0.25) is 0 Å². The van der Waals surface area contributed by atoms with Crippen LogP contribution in [0.5, 0.6) is 5.75 Å². The third kappa shape index (κ3) is 5.26. The van der Waals surface area contributed by atoms with Gasteiger partial charge in [0.25, 0.3) is 0 Å². The first-order valence-corrected chi connectivity index (χ1v) is 8.19. The molecule has 0 radical (unpaired) electrons. The quantitative estimate of drug-likeness (QED) is 0.773. The van der Waals surface area contributed by atoms with Crippen molar-refractivity contribution in [1.29, 1.82) is 0 Å². The summed E-state index contributed by atoms with van der Waals surface area (Å²) >= 11 is 0. The summed E-state index contributed by atoms with van der Waals surface area (Å²) in [5, 5.41) is 2.85. The molecule has 134 valence electrons. The summed E-state index contributed by atoms with van der Waals surface area (Å²) in [6.07, 6.45) is 0. The Morgan fingerprint density at radius 2 is 1.64 bits per heavy atom. The normalized spacial score (nSPS) is 12.2. The Balaban J connectivity index is 2.16. The second kappa shape index (κ2) is 9.13. The number of anilines is 1. The summed E-state index contributed by atoms with van der Waals surface area (Å²) < 4.78 is 28.7. The minimum Gasteiger partial charge on any atom is -0.435 e. The first kappa shape index (κ1) is 18.9. The van der Waals surface area contributed by atoms with Crippen LogP contribution < -0.4 is 10.1 Å². The Bertz CT molecular complexity index is 659. The van der Waals surface area contributed by atoms with Crippen LogP contribution >= 0.6 is 0 Å². The molecule has 0 aliphatic heterocycles. The smallest absolute Gasteiger partial charge is 0.387 e. The van der Waals surface area contributed by atoms with Crippen molar-refractivity contribution >= 4 is 11.6 Å². The van der Waals surface area contributed by atoms with Gasteiger partial charge in [0.05, 0.1) is 0 Å². The topological polar surface area (TPSA) is 41.6 Å². The fourth-order valence-electron chi connectivity index (χ4n) is 2.68. The number of carbonyl (C=O) groups is 1. The first-order valence-electron chi connectivity index (χ1n) is 8.19. The number of likely N-dealkylation sites (N-methyl/N-ethyl adjacent to an activating group) is 1. The third-order valence-electron chi connectivity index (χ3n) is 3.89. The Morgan fingerprint density at radius 3 is 2.16 bits per heavy atom. The number of nitrogens with zero attached hydrogens (tertiary/aromatic N) is 1. The lowest BCUT2D eigenvalue weighted by Gasteiger charge is -2.29. The van der Waals surface area contributed by atoms with Crippen LogP contribution in [-0.2, 0) is 4.79 Å². The number of amides is 1. The van der Waals surface area contributed by atoms with Gasteiger partial charge in [-0.3, -0.25) is 9.69 Å². The average molecular weight is 348 g/mol. The zero-order valence-corrected chi connectivity index (χ0v) is 14.3. The van der Waals surface area contributed by atoms with E-state index in [1.54, 1.807) is 12.1 Å².